The molecule has 0 aliphatic rings. The summed E-state index contributed by atoms with van der Waals surface area (Å²) in [7, 11) is 2.94. The van der Waals surface area contributed by atoms with Gasteiger partial charge in [0, 0.05) is 24.5 Å². The molecule has 0 saturated carbocycles. The molecule has 43 heavy (non-hydrogen) atoms. The number of nitrogens with zero attached hydrogens (tertiary/aromatic N) is 2. The number of hydrogen-bond donors (Lipinski definition) is 2. The van der Waals surface area contributed by atoms with Crippen LogP contribution in [0.3, 0.4) is 0 Å². The zero-order valence-corrected chi connectivity index (χ0v) is 23.5. The van der Waals surface area contributed by atoms with Crippen molar-refractivity contribution >= 4 is 17.5 Å². The largest absolute Gasteiger partial charge is 0.493 e. The second-order valence-corrected chi connectivity index (χ2v) is 9.57. The van der Waals surface area contributed by atoms with Crippen molar-refractivity contribution in [3.05, 3.63) is 120 Å². The number of nitrogens with two attached hydrogens (primary N) is 1. The number of methoxy groups -OCH3 is 2. The summed E-state index contributed by atoms with van der Waals surface area (Å²) in [6, 6.07) is 22.4. The van der Waals surface area contributed by atoms with Crippen molar-refractivity contribution in [1.29, 1.82) is 0 Å². The van der Waals surface area contributed by atoms with Crippen molar-refractivity contribution in [2.45, 2.75) is 24.7 Å². The minimum Gasteiger partial charge on any atom is -0.493 e. The first-order chi connectivity index (χ1) is 20.6. The first-order valence-electron chi connectivity index (χ1n) is 13.3. The summed E-state index contributed by atoms with van der Waals surface area (Å²) in [5, 5.41) is 2.81. The highest BCUT2D eigenvalue weighted by Crippen LogP contribution is 2.33. The van der Waals surface area contributed by atoms with Crippen LogP contribution in [0.1, 0.15) is 34.5 Å². The highest BCUT2D eigenvalue weighted by atomic mass is 19.4. The van der Waals surface area contributed by atoms with E-state index in [0.717, 1.165) is 12.3 Å². The summed E-state index contributed by atoms with van der Waals surface area (Å²) in [5.41, 5.74) is 7.23. The van der Waals surface area contributed by atoms with Gasteiger partial charge in [-0.15, -0.1) is 0 Å². The molecule has 4 aromatic rings. The minimum absolute atomic E-state index is 0.0469. The zero-order chi connectivity index (χ0) is 31.0. The summed E-state index contributed by atoms with van der Waals surface area (Å²) in [5.74, 6) is -0.257. The number of hydrogen-bond acceptors (Lipinski definition) is 6. The molecule has 4 rings (SSSR count). The molecule has 2 atom stereocenters. The highest BCUT2D eigenvalue weighted by molar-refractivity contribution is 6.00. The van der Waals surface area contributed by atoms with E-state index in [1.54, 1.807) is 78.9 Å². The average molecular weight is 593 g/mol. The van der Waals surface area contributed by atoms with Crippen LogP contribution in [0, 0.1) is 0 Å². The Kier molecular flexibility index (Phi) is 9.99. The van der Waals surface area contributed by atoms with Gasteiger partial charge in [0.1, 0.15) is 17.8 Å². The van der Waals surface area contributed by atoms with E-state index in [2.05, 4.69) is 10.3 Å². The lowest BCUT2D eigenvalue weighted by atomic mass is 10.0. The van der Waals surface area contributed by atoms with Gasteiger partial charge in [0.2, 0.25) is 5.91 Å². The van der Waals surface area contributed by atoms with Crippen molar-refractivity contribution in [2.75, 3.05) is 25.7 Å². The molecular formula is C32H31F3N4O4. The van der Waals surface area contributed by atoms with Crippen LogP contribution in [0.25, 0.3) is 0 Å². The number of alkyl halides is 3. The molecule has 1 aromatic heterocycles. The molecule has 0 spiro atoms. The van der Waals surface area contributed by atoms with E-state index in [9.17, 15) is 22.8 Å². The second kappa shape index (κ2) is 13.8. The molecule has 1 heterocycles. The Balaban J connectivity index is 1.69. The molecule has 0 saturated heterocycles. The van der Waals surface area contributed by atoms with E-state index in [4.69, 9.17) is 15.2 Å². The van der Waals surface area contributed by atoms with E-state index < -0.39 is 35.8 Å². The van der Waals surface area contributed by atoms with E-state index >= 15 is 0 Å². The molecular weight excluding hydrogens is 561 g/mol. The third-order valence-corrected chi connectivity index (χ3v) is 6.79. The smallest absolute Gasteiger partial charge is 0.433 e. The van der Waals surface area contributed by atoms with E-state index in [0.29, 0.717) is 33.9 Å². The lowest BCUT2D eigenvalue weighted by molar-refractivity contribution is -0.141. The summed E-state index contributed by atoms with van der Waals surface area (Å²) in [6.45, 7) is 0.0469. The third kappa shape index (κ3) is 7.69. The number of amides is 2. The summed E-state index contributed by atoms with van der Waals surface area (Å²) in [4.78, 5) is 32.6. The van der Waals surface area contributed by atoms with Crippen LogP contribution in [0.2, 0.25) is 0 Å². The number of nitrogens with one attached hydrogen (secondary N) is 1. The predicted molar refractivity (Wildman–Crippen MR) is 156 cm³/mol. The quantitative estimate of drug-likeness (QED) is 0.246. The number of benzene rings is 3. The predicted octanol–water partition coefficient (Wildman–Crippen LogP) is 5.25. The molecule has 0 fully saturated rings. The Morgan fingerprint density at radius 2 is 1.51 bits per heavy atom. The second-order valence-electron chi connectivity index (χ2n) is 9.57. The average Bonchev–Trinajstić information content (AvgIpc) is 3.03. The number of halogens is 3. The van der Waals surface area contributed by atoms with Crippen molar-refractivity contribution in [3.8, 4) is 11.5 Å². The fourth-order valence-corrected chi connectivity index (χ4v) is 4.47. The maximum absolute atomic E-state index is 14.3. The van der Waals surface area contributed by atoms with Crippen LogP contribution in [-0.2, 0) is 22.2 Å². The normalized spacial score (nSPS) is 12.6. The maximum atomic E-state index is 14.3. The van der Waals surface area contributed by atoms with Crippen molar-refractivity contribution < 1.29 is 32.2 Å². The molecule has 0 aliphatic heterocycles. The molecule has 3 aromatic carbocycles. The molecule has 224 valence electrons. The Morgan fingerprint density at radius 1 is 0.884 bits per heavy atom. The molecule has 0 bridgehead atoms. The van der Waals surface area contributed by atoms with Crippen LogP contribution in [0.4, 0.5) is 18.9 Å². The Labute approximate surface area is 247 Å². The van der Waals surface area contributed by atoms with Crippen molar-refractivity contribution in [2.24, 2.45) is 5.73 Å². The Bertz CT molecular complexity index is 1520. The lowest BCUT2D eigenvalue weighted by Crippen LogP contribution is -2.46. The van der Waals surface area contributed by atoms with Crippen LogP contribution in [0.15, 0.2) is 97.2 Å². The van der Waals surface area contributed by atoms with E-state index in [1.165, 1.54) is 25.2 Å². The molecule has 3 N–H and O–H groups in total. The summed E-state index contributed by atoms with van der Waals surface area (Å²) >= 11 is 0. The summed E-state index contributed by atoms with van der Waals surface area (Å²) in [6.07, 6.45) is -3.26. The van der Waals surface area contributed by atoms with E-state index in [1.807, 2.05) is 0 Å². The molecule has 0 aliphatic carbocycles. The first kappa shape index (κ1) is 31.0. The highest BCUT2D eigenvalue weighted by Gasteiger charge is 2.33. The van der Waals surface area contributed by atoms with E-state index in [-0.39, 0.29) is 13.0 Å². The number of rotatable bonds is 11. The van der Waals surface area contributed by atoms with Gasteiger partial charge >= 0.3 is 6.18 Å². The van der Waals surface area contributed by atoms with Crippen molar-refractivity contribution in [3.63, 3.8) is 0 Å². The topological polar surface area (TPSA) is 107 Å². The van der Waals surface area contributed by atoms with Gasteiger partial charge < -0.3 is 25.4 Å². The van der Waals surface area contributed by atoms with Crippen molar-refractivity contribution in [1.82, 2.24) is 10.3 Å². The number of anilines is 1. The van der Waals surface area contributed by atoms with Crippen LogP contribution in [-0.4, -0.2) is 37.6 Å². The standard InChI is InChI=1S/C32H31F3N4O4/c1-42-25-15-14-24(19-26(25)43-2)39(18-17-21-13-16-27(37-20-21)32(33,34)35)31(41)29(23-11-7-4-8-12-23)38-30(40)28(36)22-9-5-3-6-10-22/h3-16,19-20,28-29H,17-18,36H2,1-2H3,(H,38,40)/t28?,29-/m0/s1. The third-order valence-electron chi connectivity index (χ3n) is 6.79. The van der Waals surface area contributed by atoms with Crippen LogP contribution < -0.4 is 25.4 Å². The number of carbonyl (C=O) groups excluding carboxylic acids is 2. The minimum atomic E-state index is -4.57. The lowest BCUT2D eigenvalue weighted by Gasteiger charge is -2.29. The SMILES string of the molecule is COc1ccc(N(CCc2ccc(C(F)(F)F)nc2)C(=O)[C@@H](NC(=O)C(N)c2ccccc2)c2ccccc2)cc1OC. The Morgan fingerprint density at radius 3 is 2.07 bits per heavy atom. The number of pyridine rings is 1. The zero-order valence-electron chi connectivity index (χ0n) is 23.5. The monoisotopic (exact) mass is 592 g/mol. The molecule has 1 unspecified atom stereocenters. The Hall–Kier alpha value is -4.90. The van der Waals surface area contributed by atoms with Crippen LogP contribution in [0.5, 0.6) is 11.5 Å². The number of aromatic nitrogens is 1. The molecule has 8 nitrogen and oxygen atoms in total. The first-order valence-corrected chi connectivity index (χ1v) is 13.3. The van der Waals surface area contributed by atoms with Gasteiger partial charge in [-0.2, -0.15) is 13.2 Å². The maximum Gasteiger partial charge on any atom is 0.433 e. The van der Waals surface area contributed by atoms with Gasteiger partial charge in [-0.3, -0.25) is 14.6 Å². The van der Waals surface area contributed by atoms with Crippen LogP contribution >= 0.6 is 0 Å². The fourth-order valence-electron chi connectivity index (χ4n) is 4.47. The fraction of sp³-hybridized carbons (Fsp3) is 0.219. The van der Waals surface area contributed by atoms with Gasteiger partial charge in [-0.05, 0) is 41.3 Å². The molecule has 2 amide bonds. The molecule has 0 radical (unpaired) electrons. The van der Waals surface area contributed by atoms with Gasteiger partial charge in [-0.25, -0.2) is 0 Å². The summed E-state index contributed by atoms with van der Waals surface area (Å²) < 4.78 is 49.9. The van der Waals surface area contributed by atoms with Gasteiger partial charge in [-0.1, -0.05) is 66.7 Å². The molecule has 11 heteroatoms. The van der Waals surface area contributed by atoms with Gasteiger partial charge in [0.15, 0.2) is 11.5 Å². The number of carbonyl (C=O) groups is 2. The number of ether oxygens (including phenoxy) is 2. The van der Waals surface area contributed by atoms with Gasteiger partial charge in [0.05, 0.1) is 14.2 Å². The van der Waals surface area contributed by atoms with Gasteiger partial charge in [0.25, 0.3) is 5.91 Å².